The highest BCUT2D eigenvalue weighted by atomic mass is 16.1. The summed E-state index contributed by atoms with van der Waals surface area (Å²) in [5.74, 6) is 1.36. The van der Waals surface area contributed by atoms with Gasteiger partial charge in [-0.25, -0.2) is 0 Å². The van der Waals surface area contributed by atoms with E-state index in [-0.39, 0.29) is 5.91 Å². The third-order valence-corrected chi connectivity index (χ3v) is 3.69. The van der Waals surface area contributed by atoms with Gasteiger partial charge in [0.15, 0.2) is 0 Å². The summed E-state index contributed by atoms with van der Waals surface area (Å²) in [4.78, 5) is 12.0. The summed E-state index contributed by atoms with van der Waals surface area (Å²) in [5, 5.41) is 7.57. The lowest BCUT2D eigenvalue weighted by molar-refractivity contribution is -0.120. The molecule has 1 heterocycles. The normalized spacial score (nSPS) is 11.4. The molecule has 4 nitrogen and oxygen atoms in total. The SMILES string of the molecule is Cc1nn(CC(C)C)c(C)c1CC(=O)NCCCC(C)C. The highest BCUT2D eigenvalue weighted by Gasteiger charge is 2.15. The molecule has 21 heavy (non-hydrogen) atoms. The summed E-state index contributed by atoms with van der Waals surface area (Å²) in [5.41, 5.74) is 3.18. The quantitative estimate of drug-likeness (QED) is 0.748. The monoisotopic (exact) mass is 293 g/mol. The largest absolute Gasteiger partial charge is 0.356 e. The van der Waals surface area contributed by atoms with E-state index in [0.29, 0.717) is 18.3 Å². The van der Waals surface area contributed by atoms with Gasteiger partial charge in [0.25, 0.3) is 0 Å². The maximum absolute atomic E-state index is 12.0. The number of hydrogen-bond donors (Lipinski definition) is 1. The van der Waals surface area contributed by atoms with Crippen LogP contribution in [-0.4, -0.2) is 22.2 Å². The van der Waals surface area contributed by atoms with Crippen LogP contribution >= 0.6 is 0 Å². The summed E-state index contributed by atoms with van der Waals surface area (Å²) in [7, 11) is 0. The number of rotatable bonds is 8. The minimum Gasteiger partial charge on any atom is -0.356 e. The van der Waals surface area contributed by atoms with Crippen LogP contribution in [0.5, 0.6) is 0 Å². The van der Waals surface area contributed by atoms with E-state index in [2.05, 4.69) is 45.0 Å². The Bertz CT molecular complexity index is 461. The van der Waals surface area contributed by atoms with E-state index in [0.717, 1.165) is 42.9 Å². The molecule has 0 saturated carbocycles. The Hall–Kier alpha value is -1.32. The van der Waals surface area contributed by atoms with Gasteiger partial charge in [0, 0.05) is 24.3 Å². The van der Waals surface area contributed by atoms with Gasteiger partial charge in [0.2, 0.25) is 5.91 Å². The topological polar surface area (TPSA) is 46.9 Å². The first-order valence-electron chi connectivity index (χ1n) is 8.10. The van der Waals surface area contributed by atoms with Crippen molar-refractivity contribution in [2.45, 2.75) is 67.3 Å². The van der Waals surface area contributed by atoms with Crippen LogP contribution in [0.25, 0.3) is 0 Å². The number of carbonyl (C=O) groups excluding carboxylic acids is 1. The van der Waals surface area contributed by atoms with Gasteiger partial charge in [-0.1, -0.05) is 27.7 Å². The predicted octanol–water partition coefficient (Wildman–Crippen LogP) is 3.25. The molecule has 1 aromatic heterocycles. The van der Waals surface area contributed by atoms with Crippen LogP contribution in [0.15, 0.2) is 0 Å². The van der Waals surface area contributed by atoms with E-state index in [9.17, 15) is 4.79 Å². The molecule has 0 spiro atoms. The second-order valence-electron chi connectivity index (χ2n) is 6.79. The standard InChI is InChI=1S/C17H31N3O/c1-12(2)8-7-9-18-17(21)10-16-14(5)19-20(15(16)6)11-13(3)4/h12-13H,7-11H2,1-6H3,(H,18,21). The zero-order valence-corrected chi connectivity index (χ0v) is 14.5. The molecule has 0 radical (unpaired) electrons. The number of nitrogens with zero attached hydrogens (tertiary/aromatic N) is 2. The predicted molar refractivity (Wildman–Crippen MR) is 87.3 cm³/mol. The molecule has 0 fully saturated rings. The van der Waals surface area contributed by atoms with Gasteiger partial charge in [-0.15, -0.1) is 0 Å². The first kappa shape index (κ1) is 17.7. The van der Waals surface area contributed by atoms with Crippen LogP contribution in [0.2, 0.25) is 0 Å². The van der Waals surface area contributed by atoms with Crippen LogP contribution in [0, 0.1) is 25.7 Å². The fraction of sp³-hybridized carbons (Fsp3) is 0.765. The highest BCUT2D eigenvalue weighted by molar-refractivity contribution is 5.79. The molecule has 120 valence electrons. The highest BCUT2D eigenvalue weighted by Crippen LogP contribution is 2.15. The lowest BCUT2D eigenvalue weighted by Crippen LogP contribution is -2.26. The van der Waals surface area contributed by atoms with Gasteiger partial charge in [-0.05, 0) is 38.5 Å². The fourth-order valence-corrected chi connectivity index (χ4v) is 2.47. The minimum atomic E-state index is 0.106. The zero-order chi connectivity index (χ0) is 16.0. The minimum absolute atomic E-state index is 0.106. The Morgan fingerprint density at radius 2 is 1.86 bits per heavy atom. The Labute approximate surface area is 129 Å². The third-order valence-electron chi connectivity index (χ3n) is 3.69. The van der Waals surface area contributed by atoms with Crippen LogP contribution in [0.1, 0.15) is 57.5 Å². The fourth-order valence-electron chi connectivity index (χ4n) is 2.47. The molecule has 1 aromatic rings. The van der Waals surface area contributed by atoms with Gasteiger partial charge in [0.1, 0.15) is 0 Å². The average Bonchev–Trinajstić information content (AvgIpc) is 2.61. The van der Waals surface area contributed by atoms with Crippen molar-refractivity contribution in [2.75, 3.05) is 6.54 Å². The molecule has 1 N–H and O–H groups in total. The number of amides is 1. The van der Waals surface area contributed by atoms with E-state index in [1.807, 2.05) is 11.6 Å². The lowest BCUT2D eigenvalue weighted by atomic mass is 10.1. The molecule has 0 aliphatic heterocycles. The van der Waals surface area contributed by atoms with Crippen LogP contribution in [0.3, 0.4) is 0 Å². The molecule has 4 heteroatoms. The van der Waals surface area contributed by atoms with Gasteiger partial charge >= 0.3 is 0 Å². The summed E-state index contributed by atoms with van der Waals surface area (Å²) < 4.78 is 2.03. The number of hydrogen-bond acceptors (Lipinski definition) is 2. The van der Waals surface area contributed by atoms with Crippen LogP contribution < -0.4 is 5.32 Å². The smallest absolute Gasteiger partial charge is 0.224 e. The van der Waals surface area contributed by atoms with Crippen LogP contribution in [0.4, 0.5) is 0 Å². The summed E-state index contributed by atoms with van der Waals surface area (Å²) >= 11 is 0. The van der Waals surface area contributed by atoms with Crippen LogP contribution in [-0.2, 0) is 17.8 Å². The number of aromatic nitrogens is 2. The average molecular weight is 293 g/mol. The molecule has 0 aromatic carbocycles. The van der Waals surface area contributed by atoms with Crippen molar-refractivity contribution in [3.63, 3.8) is 0 Å². The molecule has 0 atom stereocenters. The molecular weight excluding hydrogens is 262 g/mol. The molecule has 0 saturated heterocycles. The summed E-state index contributed by atoms with van der Waals surface area (Å²) in [6.07, 6.45) is 2.65. The van der Waals surface area contributed by atoms with E-state index >= 15 is 0 Å². The number of carbonyl (C=O) groups is 1. The van der Waals surface area contributed by atoms with Crippen molar-refractivity contribution in [1.82, 2.24) is 15.1 Å². The van der Waals surface area contributed by atoms with E-state index in [1.165, 1.54) is 0 Å². The molecule has 1 amide bonds. The molecule has 0 bridgehead atoms. The maximum Gasteiger partial charge on any atom is 0.224 e. The second kappa shape index (κ2) is 8.20. The molecule has 0 unspecified atom stereocenters. The molecular formula is C17H31N3O. The second-order valence-corrected chi connectivity index (χ2v) is 6.79. The van der Waals surface area contributed by atoms with Gasteiger partial charge in [-0.3, -0.25) is 9.48 Å². The van der Waals surface area contributed by atoms with E-state index in [1.54, 1.807) is 0 Å². The molecule has 0 aliphatic carbocycles. The van der Waals surface area contributed by atoms with Crippen molar-refractivity contribution in [3.8, 4) is 0 Å². The van der Waals surface area contributed by atoms with Crippen molar-refractivity contribution >= 4 is 5.91 Å². The maximum atomic E-state index is 12.0. The Morgan fingerprint density at radius 3 is 2.43 bits per heavy atom. The molecule has 0 aliphatic rings. The van der Waals surface area contributed by atoms with Gasteiger partial charge in [0.05, 0.1) is 12.1 Å². The van der Waals surface area contributed by atoms with Crippen molar-refractivity contribution < 1.29 is 4.79 Å². The van der Waals surface area contributed by atoms with Crippen molar-refractivity contribution in [3.05, 3.63) is 17.0 Å². The first-order valence-corrected chi connectivity index (χ1v) is 8.10. The Balaban J connectivity index is 2.54. The third kappa shape index (κ3) is 5.90. The van der Waals surface area contributed by atoms with Gasteiger partial charge < -0.3 is 5.32 Å². The Kier molecular flexibility index (Phi) is 6.93. The summed E-state index contributed by atoms with van der Waals surface area (Å²) in [6.45, 7) is 14.5. The van der Waals surface area contributed by atoms with E-state index < -0.39 is 0 Å². The van der Waals surface area contributed by atoms with Crippen molar-refractivity contribution in [1.29, 1.82) is 0 Å². The van der Waals surface area contributed by atoms with Crippen molar-refractivity contribution in [2.24, 2.45) is 11.8 Å². The summed E-state index contributed by atoms with van der Waals surface area (Å²) in [6, 6.07) is 0. The Morgan fingerprint density at radius 1 is 1.19 bits per heavy atom. The zero-order valence-electron chi connectivity index (χ0n) is 14.5. The van der Waals surface area contributed by atoms with Gasteiger partial charge in [-0.2, -0.15) is 5.10 Å². The molecule has 1 rings (SSSR count). The van der Waals surface area contributed by atoms with E-state index in [4.69, 9.17) is 0 Å². The first-order chi connectivity index (χ1) is 9.81. The number of nitrogens with one attached hydrogen (secondary N) is 1. The number of aryl methyl sites for hydroxylation is 1. The lowest BCUT2D eigenvalue weighted by Gasteiger charge is -2.09.